The molecule has 31 heavy (non-hydrogen) atoms. The first-order chi connectivity index (χ1) is 14.9. The molecular weight excluding hydrogens is 460 g/mol. The maximum Gasteiger partial charge on any atom is 0.322 e. The van der Waals surface area contributed by atoms with Gasteiger partial charge in [0.05, 0.1) is 14.1 Å². The molecule has 0 spiro atoms. The van der Waals surface area contributed by atoms with Crippen LogP contribution in [0.15, 0.2) is 45.7 Å². The fourth-order valence-electron chi connectivity index (χ4n) is 3.58. The summed E-state index contributed by atoms with van der Waals surface area (Å²) in [6.45, 7) is 2.53. The number of amides is 1. The number of carbonyl (C=O) groups is 1. The monoisotopic (exact) mass is 480 g/mol. The highest BCUT2D eigenvalue weighted by Crippen LogP contribution is 2.31. The van der Waals surface area contributed by atoms with Crippen molar-refractivity contribution in [3.8, 4) is 10.8 Å². The van der Waals surface area contributed by atoms with Gasteiger partial charge in [-0.15, -0.1) is 16.4 Å². The number of aromatic nitrogens is 2. The van der Waals surface area contributed by atoms with E-state index >= 15 is 0 Å². The summed E-state index contributed by atoms with van der Waals surface area (Å²) in [4.78, 5) is 13.4. The standard InChI is InChI=1S/C20H21ClN4O4S2/c1-2-14-5-3-4-12-25(14)31(27,28)15-8-6-13(7-9-15)18(26)22-20-24-23-19(29-20)16-10-11-17(21)30-16/h6-11,14H,2-5,12H2,1H3,(H,22,24,26)/t14-/m1/s1. The Morgan fingerprint density at radius 1 is 1.23 bits per heavy atom. The summed E-state index contributed by atoms with van der Waals surface area (Å²) in [5.41, 5.74) is 0.281. The van der Waals surface area contributed by atoms with Gasteiger partial charge in [-0.05, 0) is 55.7 Å². The number of hydrogen-bond acceptors (Lipinski definition) is 7. The van der Waals surface area contributed by atoms with Crippen LogP contribution in [0, 0.1) is 0 Å². The van der Waals surface area contributed by atoms with Crippen molar-refractivity contribution >= 4 is 44.9 Å². The van der Waals surface area contributed by atoms with Gasteiger partial charge in [0, 0.05) is 18.2 Å². The molecule has 11 heteroatoms. The first-order valence-electron chi connectivity index (χ1n) is 9.91. The smallest absolute Gasteiger partial charge is 0.322 e. The van der Waals surface area contributed by atoms with Crippen LogP contribution in [0.1, 0.15) is 43.0 Å². The van der Waals surface area contributed by atoms with Gasteiger partial charge in [0.1, 0.15) is 0 Å². The zero-order valence-corrected chi connectivity index (χ0v) is 19.1. The van der Waals surface area contributed by atoms with E-state index in [1.807, 2.05) is 6.92 Å². The predicted molar refractivity (Wildman–Crippen MR) is 119 cm³/mol. The molecular formula is C20H21ClN4O4S2. The Morgan fingerprint density at radius 3 is 2.68 bits per heavy atom. The van der Waals surface area contributed by atoms with Gasteiger partial charge in [-0.3, -0.25) is 10.1 Å². The minimum absolute atomic E-state index is 0.0201. The van der Waals surface area contributed by atoms with E-state index in [9.17, 15) is 13.2 Å². The third-order valence-electron chi connectivity index (χ3n) is 5.20. The van der Waals surface area contributed by atoms with Crippen molar-refractivity contribution in [1.82, 2.24) is 14.5 Å². The molecule has 1 aromatic carbocycles. The third-order valence-corrected chi connectivity index (χ3v) is 8.38. The molecule has 3 heterocycles. The molecule has 2 aromatic heterocycles. The molecule has 1 atom stereocenters. The van der Waals surface area contributed by atoms with Gasteiger partial charge in [-0.25, -0.2) is 8.42 Å². The highest BCUT2D eigenvalue weighted by Gasteiger charge is 2.32. The van der Waals surface area contributed by atoms with Crippen LogP contribution in [0.4, 0.5) is 6.01 Å². The Labute approximate surface area is 189 Å². The van der Waals surface area contributed by atoms with Crippen LogP contribution in [-0.4, -0.2) is 41.4 Å². The van der Waals surface area contributed by atoms with E-state index in [0.29, 0.717) is 15.8 Å². The first-order valence-corrected chi connectivity index (χ1v) is 12.5. The van der Waals surface area contributed by atoms with E-state index in [0.717, 1.165) is 25.7 Å². The van der Waals surface area contributed by atoms with Gasteiger partial charge in [-0.2, -0.15) is 4.31 Å². The average molecular weight is 481 g/mol. The van der Waals surface area contributed by atoms with E-state index in [1.165, 1.54) is 35.6 Å². The lowest BCUT2D eigenvalue weighted by molar-refractivity contribution is 0.102. The maximum atomic E-state index is 13.1. The minimum atomic E-state index is -3.60. The SMILES string of the molecule is CC[C@@H]1CCCCN1S(=O)(=O)c1ccc(C(=O)Nc2nnc(-c3ccc(Cl)s3)o2)cc1. The Bertz CT molecular complexity index is 1170. The van der Waals surface area contributed by atoms with Crippen LogP contribution in [0.3, 0.4) is 0 Å². The van der Waals surface area contributed by atoms with E-state index in [-0.39, 0.29) is 28.4 Å². The number of piperidine rings is 1. The topological polar surface area (TPSA) is 105 Å². The summed E-state index contributed by atoms with van der Waals surface area (Å²) < 4.78 is 33.7. The van der Waals surface area contributed by atoms with Gasteiger partial charge in [0.2, 0.25) is 10.0 Å². The van der Waals surface area contributed by atoms with Gasteiger partial charge in [0.15, 0.2) is 0 Å². The minimum Gasteiger partial charge on any atom is -0.402 e. The first kappa shape index (κ1) is 21.9. The molecule has 0 saturated carbocycles. The molecule has 1 fully saturated rings. The molecule has 0 unspecified atom stereocenters. The summed E-state index contributed by atoms with van der Waals surface area (Å²) in [5.74, 6) is -0.228. The largest absolute Gasteiger partial charge is 0.402 e. The molecule has 8 nitrogen and oxygen atoms in total. The Kier molecular flexibility index (Phi) is 6.42. The second-order valence-corrected chi connectivity index (χ2v) is 10.8. The number of nitrogens with zero attached hydrogens (tertiary/aromatic N) is 3. The summed E-state index contributed by atoms with van der Waals surface area (Å²) in [7, 11) is -3.60. The van der Waals surface area contributed by atoms with Crippen molar-refractivity contribution in [3.05, 3.63) is 46.3 Å². The van der Waals surface area contributed by atoms with Gasteiger partial charge < -0.3 is 4.42 Å². The Morgan fingerprint density at radius 2 is 2.00 bits per heavy atom. The van der Waals surface area contributed by atoms with Crippen molar-refractivity contribution in [1.29, 1.82) is 0 Å². The molecule has 1 saturated heterocycles. The number of rotatable bonds is 6. The number of carbonyl (C=O) groups excluding carboxylic acids is 1. The molecule has 0 bridgehead atoms. The van der Waals surface area contributed by atoms with Gasteiger partial charge in [-0.1, -0.05) is 30.0 Å². The number of sulfonamides is 1. The molecule has 0 aliphatic carbocycles. The zero-order chi connectivity index (χ0) is 22.0. The Balaban J connectivity index is 1.46. The van der Waals surface area contributed by atoms with Crippen molar-refractivity contribution in [3.63, 3.8) is 0 Å². The van der Waals surface area contributed by atoms with E-state index < -0.39 is 15.9 Å². The van der Waals surface area contributed by atoms with E-state index in [1.54, 1.807) is 16.4 Å². The summed E-state index contributed by atoms with van der Waals surface area (Å²) in [6, 6.07) is 9.29. The maximum absolute atomic E-state index is 13.1. The predicted octanol–water partition coefficient (Wildman–Crippen LogP) is 4.66. The summed E-state index contributed by atoms with van der Waals surface area (Å²) >= 11 is 7.19. The van der Waals surface area contributed by atoms with E-state index in [2.05, 4.69) is 15.5 Å². The van der Waals surface area contributed by atoms with Crippen LogP contribution in [0.2, 0.25) is 4.34 Å². The molecule has 164 valence electrons. The van der Waals surface area contributed by atoms with E-state index in [4.69, 9.17) is 16.0 Å². The molecule has 4 rings (SSSR count). The molecule has 1 aliphatic heterocycles. The van der Waals surface area contributed by atoms with Crippen molar-refractivity contribution < 1.29 is 17.6 Å². The third kappa shape index (κ3) is 4.67. The fraction of sp³-hybridized carbons (Fsp3) is 0.350. The molecule has 1 amide bonds. The molecule has 3 aromatic rings. The van der Waals surface area contributed by atoms with Crippen LogP contribution >= 0.6 is 22.9 Å². The molecule has 1 aliphatic rings. The fourth-order valence-corrected chi connectivity index (χ4v) is 6.32. The summed E-state index contributed by atoms with van der Waals surface area (Å²) in [6.07, 6.45) is 3.56. The van der Waals surface area contributed by atoms with Crippen LogP contribution in [0.25, 0.3) is 10.8 Å². The quantitative estimate of drug-likeness (QED) is 0.550. The number of thiophene rings is 1. The highest BCUT2D eigenvalue weighted by atomic mass is 35.5. The number of anilines is 1. The van der Waals surface area contributed by atoms with Crippen molar-refractivity contribution in [2.45, 2.75) is 43.5 Å². The summed E-state index contributed by atoms with van der Waals surface area (Å²) in [5, 5.41) is 10.2. The van der Waals surface area contributed by atoms with Crippen LogP contribution < -0.4 is 5.32 Å². The lowest BCUT2D eigenvalue weighted by Gasteiger charge is -2.34. The lowest BCUT2D eigenvalue weighted by atomic mass is 10.0. The van der Waals surface area contributed by atoms with Crippen LogP contribution in [0.5, 0.6) is 0 Å². The lowest BCUT2D eigenvalue weighted by Crippen LogP contribution is -2.43. The Hall–Kier alpha value is -2.27. The molecule has 1 N–H and O–H groups in total. The normalized spacial score (nSPS) is 17.5. The number of halogens is 1. The second kappa shape index (κ2) is 9.07. The second-order valence-electron chi connectivity index (χ2n) is 7.17. The number of nitrogens with one attached hydrogen (secondary N) is 1. The highest BCUT2D eigenvalue weighted by molar-refractivity contribution is 7.89. The van der Waals surface area contributed by atoms with Crippen molar-refractivity contribution in [2.24, 2.45) is 0 Å². The average Bonchev–Trinajstić information content (AvgIpc) is 3.42. The zero-order valence-electron chi connectivity index (χ0n) is 16.7. The number of hydrogen-bond donors (Lipinski definition) is 1. The van der Waals surface area contributed by atoms with Gasteiger partial charge in [0.25, 0.3) is 11.8 Å². The molecule has 0 radical (unpaired) electrons. The van der Waals surface area contributed by atoms with Crippen molar-refractivity contribution in [2.75, 3.05) is 11.9 Å². The number of benzene rings is 1. The van der Waals surface area contributed by atoms with Crippen LogP contribution in [-0.2, 0) is 10.0 Å². The van der Waals surface area contributed by atoms with Gasteiger partial charge >= 0.3 is 6.01 Å².